The molecule has 5 aromatic carbocycles. The first kappa shape index (κ1) is 19.7. The molecule has 0 bridgehead atoms. The molecule has 0 saturated heterocycles. The number of fused-ring (bicyclic) bond motifs is 2. The molecule has 0 radical (unpaired) electrons. The van der Waals surface area contributed by atoms with Gasteiger partial charge in [0.25, 0.3) is 0 Å². The smallest absolute Gasteiger partial charge is 0.136 e. The van der Waals surface area contributed by atoms with Gasteiger partial charge < -0.3 is 9.47 Å². The minimum atomic E-state index is -0.420. The third-order valence-electron chi connectivity index (χ3n) is 7.72. The van der Waals surface area contributed by atoms with E-state index in [1.165, 1.54) is 33.0 Å². The van der Waals surface area contributed by atoms with E-state index < -0.39 is 11.2 Å². The van der Waals surface area contributed by atoms with Crippen LogP contribution in [0.3, 0.4) is 0 Å². The molecular weight excluding hydrogens is 416 g/mol. The van der Waals surface area contributed by atoms with E-state index in [2.05, 4.69) is 111 Å². The maximum atomic E-state index is 6.95. The molecule has 34 heavy (non-hydrogen) atoms. The summed E-state index contributed by atoms with van der Waals surface area (Å²) in [6, 6.07) is 34.4. The predicted octanol–water partition coefficient (Wildman–Crippen LogP) is 7.69. The van der Waals surface area contributed by atoms with Gasteiger partial charge in [-0.05, 0) is 36.1 Å². The predicted molar refractivity (Wildman–Crippen MR) is 138 cm³/mol. The fourth-order valence-electron chi connectivity index (χ4n) is 6.04. The molecule has 0 fully saturated rings. The molecule has 7 rings (SSSR count). The first-order valence-corrected chi connectivity index (χ1v) is 12.0. The van der Waals surface area contributed by atoms with Crippen LogP contribution in [0.2, 0.25) is 0 Å². The molecule has 166 valence electrons. The molecule has 0 aliphatic carbocycles. The normalized spacial score (nSPS) is 22.9. The van der Waals surface area contributed by atoms with Crippen LogP contribution in [-0.2, 0) is 24.0 Å². The molecular formula is C32H26O2. The maximum absolute atomic E-state index is 6.95. The Balaban J connectivity index is 1.50. The van der Waals surface area contributed by atoms with Crippen LogP contribution in [0.15, 0.2) is 97.1 Å². The Labute approximate surface area is 199 Å². The number of hydrogen-bond acceptors (Lipinski definition) is 2. The van der Waals surface area contributed by atoms with Gasteiger partial charge >= 0.3 is 0 Å². The quantitative estimate of drug-likeness (QED) is 0.261. The third kappa shape index (κ3) is 2.69. The number of rotatable bonds is 2. The van der Waals surface area contributed by atoms with E-state index in [1.54, 1.807) is 0 Å². The van der Waals surface area contributed by atoms with Crippen LogP contribution in [-0.4, -0.2) is 0 Å². The van der Waals surface area contributed by atoms with E-state index in [-0.39, 0.29) is 0 Å². The summed E-state index contributed by atoms with van der Waals surface area (Å²) in [6.07, 6.45) is 1.64. The Hall–Kier alpha value is -3.78. The largest absolute Gasteiger partial charge is 0.481 e. The lowest BCUT2D eigenvalue weighted by Gasteiger charge is -2.40. The van der Waals surface area contributed by atoms with Gasteiger partial charge in [-0.15, -0.1) is 0 Å². The van der Waals surface area contributed by atoms with E-state index in [4.69, 9.17) is 9.47 Å². The Morgan fingerprint density at radius 2 is 0.912 bits per heavy atom. The van der Waals surface area contributed by atoms with Crippen molar-refractivity contribution >= 4 is 21.5 Å². The molecule has 0 amide bonds. The Kier molecular flexibility index (Phi) is 3.97. The van der Waals surface area contributed by atoms with E-state index >= 15 is 0 Å². The standard InChI is InChI=1S/C32H26O2/c1-31(23-13-5-3-6-14-23)19-21-11-9-18-26-27(21)29(33-31)25-17-10-12-22-20-32(2,34-30(26)28(22)25)24-15-7-4-8-16-24/h3-18H,19-20H2,1-2H3. The molecule has 2 nitrogen and oxygen atoms in total. The molecule has 2 atom stereocenters. The van der Waals surface area contributed by atoms with Crippen LogP contribution in [0, 0.1) is 0 Å². The molecule has 2 unspecified atom stereocenters. The summed E-state index contributed by atoms with van der Waals surface area (Å²) in [5, 5.41) is 4.66. The molecule has 0 aromatic heterocycles. The van der Waals surface area contributed by atoms with E-state index in [9.17, 15) is 0 Å². The van der Waals surface area contributed by atoms with Crippen LogP contribution in [0.5, 0.6) is 11.5 Å². The van der Waals surface area contributed by atoms with Crippen LogP contribution in [0.4, 0.5) is 0 Å². The van der Waals surface area contributed by atoms with Crippen molar-refractivity contribution in [2.24, 2.45) is 0 Å². The van der Waals surface area contributed by atoms with Gasteiger partial charge in [0.05, 0.1) is 0 Å². The van der Waals surface area contributed by atoms with Gasteiger partial charge in [0.1, 0.15) is 22.7 Å². The molecule has 2 aliphatic heterocycles. The van der Waals surface area contributed by atoms with Crippen LogP contribution in [0.25, 0.3) is 21.5 Å². The fraction of sp³-hybridized carbons (Fsp3) is 0.188. The van der Waals surface area contributed by atoms with Crippen molar-refractivity contribution in [3.63, 3.8) is 0 Å². The Morgan fingerprint density at radius 3 is 1.32 bits per heavy atom. The van der Waals surface area contributed by atoms with Gasteiger partial charge in [-0.1, -0.05) is 97.1 Å². The van der Waals surface area contributed by atoms with Gasteiger partial charge in [-0.25, -0.2) is 0 Å². The number of benzene rings is 5. The van der Waals surface area contributed by atoms with Crippen LogP contribution in [0.1, 0.15) is 36.1 Å². The molecule has 0 N–H and O–H groups in total. The van der Waals surface area contributed by atoms with Crippen molar-refractivity contribution in [1.82, 2.24) is 0 Å². The van der Waals surface area contributed by atoms with Crippen molar-refractivity contribution in [2.75, 3.05) is 0 Å². The molecule has 0 spiro atoms. The summed E-state index contributed by atoms with van der Waals surface area (Å²) in [5.41, 5.74) is 4.18. The molecule has 0 saturated carbocycles. The zero-order valence-electron chi connectivity index (χ0n) is 19.5. The van der Waals surface area contributed by atoms with E-state index in [0.29, 0.717) is 0 Å². The summed E-state index contributed by atoms with van der Waals surface area (Å²) in [6.45, 7) is 4.42. The third-order valence-corrected chi connectivity index (χ3v) is 7.72. The lowest BCUT2D eigenvalue weighted by atomic mass is 9.80. The fourth-order valence-corrected chi connectivity index (χ4v) is 6.04. The van der Waals surface area contributed by atoms with Crippen LogP contribution < -0.4 is 9.47 Å². The highest BCUT2D eigenvalue weighted by Gasteiger charge is 2.40. The van der Waals surface area contributed by atoms with E-state index in [0.717, 1.165) is 35.1 Å². The topological polar surface area (TPSA) is 18.5 Å². The van der Waals surface area contributed by atoms with Gasteiger partial charge in [0, 0.05) is 34.4 Å². The SMILES string of the molecule is CC1(c2ccccc2)Cc2cccc3c4c5c(cccc5c(c23)O1)CC(C)(c1ccccc1)O4. The summed E-state index contributed by atoms with van der Waals surface area (Å²) in [7, 11) is 0. The second-order valence-electron chi connectivity index (χ2n) is 10.1. The van der Waals surface area contributed by atoms with Gasteiger partial charge in [-0.3, -0.25) is 0 Å². The second kappa shape index (κ2) is 6.87. The zero-order valence-corrected chi connectivity index (χ0v) is 19.5. The molecule has 2 heteroatoms. The van der Waals surface area contributed by atoms with Gasteiger partial charge in [0.2, 0.25) is 0 Å². The van der Waals surface area contributed by atoms with E-state index in [1.807, 2.05) is 0 Å². The average molecular weight is 443 g/mol. The lowest BCUT2D eigenvalue weighted by molar-refractivity contribution is 0.0813. The summed E-state index contributed by atoms with van der Waals surface area (Å²) in [5.74, 6) is 1.96. The van der Waals surface area contributed by atoms with Crippen molar-refractivity contribution in [3.05, 3.63) is 119 Å². The zero-order chi connectivity index (χ0) is 22.9. The highest BCUT2D eigenvalue weighted by atomic mass is 16.5. The molecule has 5 aromatic rings. The molecule has 2 heterocycles. The van der Waals surface area contributed by atoms with Crippen molar-refractivity contribution in [1.29, 1.82) is 0 Å². The van der Waals surface area contributed by atoms with Crippen molar-refractivity contribution < 1.29 is 9.47 Å². The highest BCUT2D eigenvalue weighted by molar-refractivity contribution is 6.14. The Bertz CT molecular complexity index is 1450. The number of hydrogen-bond donors (Lipinski definition) is 0. The Morgan fingerprint density at radius 1 is 0.500 bits per heavy atom. The number of ether oxygens (including phenoxy) is 2. The monoisotopic (exact) mass is 442 g/mol. The minimum absolute atomic E-state index is 0.420. The maximum Gasteiger partial charge on any atom is 0.136 e. The summed E-state index contributed by atoms with van der Waals surface area (Å²) >= 11 is 0. The van der Waals surface area contributed by atoms with Gasteiger partial charge in [0.15, 0.2) is 0 Å². The first-order chi connectivity index (χ1) is 16.6. The van der Waals surface area contributed by atoms with Gasteiger partial charge in [-0.2, -0.15) is 0 Å². The summed E-state index contributed by atoms with van der Waals surface area (Å²) < 4.78 is 13.9. The summed E-state index contributed by atoms with van der Waals surface area (Å²) in [4.78, 5) is 0. The second-order valence-corrected chi connectivity index (χ2v) is 10.1. The highest BCUT2D eigenvalue weighted by Crippen LogP contribution is 2.54. The van der Waals surface area contributed by atoms with Crippen molar-refractivity contribution in [2.45, 2.75) is 37.9 Å². The first-order valence-electron chi connectivity index (χ1n) is 12.0. The molecule has 2 aliphatic rings. The van der Waals surface area contributed by atoms with Crippen molar-refractivity contribution in [3.8, 4) is 11.5 Å². The average Bonchev–Trinajstić information content (AvgIpc) is 2.87. The minimum Gasteiger partial charge on any atom is -0.481 e. The van der Waals surface area contributed by atoms with Crippen LogP contribution >= 0.6 is 0 Å². The lowest BCUT2D eigenvalue weighted by Crippen LogP contribution is -2.36.